The van der Waals surface area contributed by atoms with Crippen LogP contribution < -0.4 is 15.0 Å². The number of hydrogen-bond acceptors (Lipinski definition) is 5. The Labute approximate surface area is 182 Å². The van der Waals surface area contributed by atoms with Gasteiger partial charge in [0.05, 0.1) is 12.8 Å². The summed E-state index contributed by atoms with van der Waals surface area (Å²) < 4.78 is 5.15. The Morgan fingerprint density at radius 3 is 2.23 bits per heavy atom. The molecule has 0 aliphatic carbocycles. The highest BCUT2D eigenvalue weighted by molar-refractivity contribution is 5.89. The molecule has 1 saturated heterocycles. The van der Waals surface area contributed by atoms with Crippen molar-refractivity contribution in [3.05, 3.63) is 66.2 Å². The molecule has 0 spiro atoms. The zero-order valence-corrected chi connectivity index (χ0v) is 17.9. The second-order valence-electron chi connectivity index (χ2n) is 7.46. The largest absolute Gasteiger partial charge is 0.497 e. The second-order valence-corrected chi connectivity index (χ2v) is 7.46. The minimum Gasteiger partial charge on any atom is -0.497 e. The number of benzene rings is 2. The van der Waals surface area contributed by atoms with Crippen molar-refractivity contribution in [3.8, 4) is 17.0 Å². The molecule has 0 saturated carbocycles. The van der Waals surface area contributed by atoms with Gasteiger partial charge >= 0.3 is 6.03 Å². The van der Waals surface area contributed by atoms with Crippen molar-refractivity contribution in [1.29, 1.82) is 0 Å². The van der Waals surface area contributed by atoms with Crippen LogP contribution in [0, 0.1) is 0 Å². The van der Waals surface area contributed by atoms with Crippen LogP contribution in [0.15, 0.2) is 60.7 Å². The number of rotatable bonds is 5. The third kappa shape index (κ3) is 4.94. The lowest BCUT2D eigenvalue weighted by Crippen LogP contribution is -2.50. The molecule has 7 nitrogen and oxygen atoms in total. The molecule has 0 atom stereocenters. The highest BCUT2D eigenvalue weighted by atomic mass is 16.5. The van der Waals surface area contributed by atoms with Gasteiger partial charge in [0, 0.05) is 37.4 Å². The number of nitrogens with zero attached hydrogens (tertiary/aromatic N) is 4. The standard InChI is InChI=1S/C24H27N5O2/c1-3-18-4-6-19(7-5-18)22-12-13-23(27-26-22)28-14-16-29(17-15-28)24(30)25-20-8-10-21(31-2)11-9-20/h4-13H,3,14-17H2,1-2H3,(H,25,30). The molecule has 160 valence electrons. The molecule has 3 aromatic rings. The fraction of sp³-hybridized carbons (Fsp3) is 0.292. The Hall–Kier alpha value is -3.61. The molecular weight excluding hydrogens is 390 g/mol. The van der Waals surface area contributed by atoms with Gasteiger partial charge in [-0.05, 0) is 48.4 Å². The molecule has 4 rings (SSSR count). The van der Waals surface area contributed by atoms with E-state index in [1.807, 2.05) is 41.3 Å². The summed E-state index contributed by atoms with van der Waals surface area (Å²) in [5.41, 5.74) is 3.99. The maximum absolute atomic E-state index is 12.5. The molecule has 0 unspecified atom stereocenters. The van der Waals surface area contributed by atoms with Crippen LogP contribution in [0.2, 0.25) is 0 Å². The fourth-order valence-corrected chi connectivity index (χ4v) is 3.57. The van der Waals surface area contributed by atoms with Crippen molar-refractivity contribution in [2.75, 3.05) is 43.5 Å². The molecule has 0 radical (unpaired) electrons. The van der Waals surface area contributed by atoms with Gasteiger partial charge in [-0.2, -0.15) is 0 Å². The first kappa shape index (κ1) is 20.7. The van der Waals surface area contributed by atoms with Gasteiger partial charge < -0.3 is 19.9 Å². The Bertz CT molecular complexity index is 996. The van der Waals surface area contributed by atoms with Crippen molar-refractivity contribution in [2.45, 2.75) is 13.3 Å². The molecule has 31 heavy (non-hydrogen) atoms. The van der Waals surface area contributed by atoms with Gasteiger partial charge in [-0.15, -0.1) is 10.2 Å². The summed E-state index contributed by atoms with van der Waals surface area (Å²) >= 11 is 0. The van der Waals surface area contributed by atoms with Crippen LogP contribution in [-0.4, -0.2) is 54.4 Å². The Morgan fingerprint density at radius 1 is 0.935 bits per heavy atom. The number of nitrogens with one attached hydrogen (secondary N) is 1. The third-order valence-electron chi connectivity index (χ3n) is 5.54. The van der Waals surface area contributed by atoms with Gasteiger partial charge in [0.1, 0.15) is 5.75 Å². The predicted octanol–water partition coefficient (Wildman–Crippen LogP) is 4.07. The molecule has 7 heteroatoms. The molecule has 2 aromatic carbocycles. The fourth-order valence-electron chi connectivity index (χ4n) is 3.57. The molecule has 1 fully saturated rings. The highest BCUT2D eigenvalue weighted by Gasteiger charge is 2.22. The monoisotopic (exact) mass is 417 g/mol. The summed E-state index contributed by atoms with van der Waals surface area (Å²) in [6, 6.07) is 19.7. The van der Waals surface area contributed by atoms with Gasteiger partial charge in [0.25, 0.3) is 0 Å². The van der Waals surface area contributed by atoms with E-state index in [0.29, 0.717) is 13.1 Å². The number of carbonyl (C=O) groups is 1. The van der Waals surface area contributed by atoms with E-state index >= 15 is 0 Å². The number of amides is 2. The number of hydrogen-bond donors (Lipinski definition) is 1. The van der Waals surface area contributed by atoms with Crippen LogP contribution in [0.4, 0.5) is 16.3 Å². The van der Waals surface area contributed by atoms with E-state index in [9.17, 15) is 4.79 Å². The third-order valence-corrected chi connectivity index (χ3v) is 5.54. The summed E-state index contributed by atoms with van der Waals surface area (Å²) in [4.78, 5) is 16.5. The summed E-state index contributed by atoms with van der Waals surface area (Å²) in [5, 5.41) is 11.8. The minimum atomic E-state index is -0.0956. The van der Waals surface area contributed by atoms with Crippen molar-refractivity contribution in [2.24, 2.45) is 0 Å². The summed E-state index contributed by atoms with van der Waals surface area (Å²) in [6.45, 7) is 4.84. The number of aromatic nitrogens is 2. The molecular formula is C24H27N5O2. The maximum atomic E-state index is 12.5. The lowest BCUT2D eigenvalue weighted by atomic mass is 10.1. The van der Waals surface area contributed by atoms with Crippen molar-refractivity contribution >= 4 is 17.5 Å². The topological polar surface area (TPSA) is 70.6 Å². The normalized spacial score (nSPS) is 13.7. The highest BCUT2D eigenvalue weighted by Crippen LogP contribution is 2.21. The molecule has 0 bridgehead atoms. The van der Waals surface area contributed by atoms with E-state index in [-0.39, 0.29) is 6.03 Å². The van der Waals surface area contributed by atoms with E-state index in [1.54, 1.807) is 7.11 Å². The Kier molecular flexibility index (Phi) is 6.31. The smallest absolute Gasteiger partial charge is 0.321 e. The van der Waals surface area contributed by atoms with E-state index in [1.165, 1.54) is 5.56 Å². The minimum absolute atomic E-state index is 0.0956. The summed E-state index contributed by atoms with van der Waals surface area (Å²) in [6.07, 6.45) is 1.02. The van der Waals surface area contributed by atoms with Gasteiger partial charge in [-0.25, -0.2) is 4.79 Å². The van der Waals surface area contributed by atoms with Gasteiger partial charge in [0.15, 0.2) is 5.82 Å². The zero-order chi connectivity index (χ0) is 21.6. The summed E-state index contributed by atoms with van der Waals surface area (Å²) in [5.74, 6) is 1.60. The van der Waals surface area contributed by atoms with E-state index in [0.717, 1.165) is 48.0 Å². The molecule has 2 heterocycles. The molecule has 1 aliphatic rings. The summed E-state index contributed by atoms with van der Waals surface area (Å²) in [7, 11) is 1.62. The number of urea groups is 1. The lowest BCUT2D eigenvalue weighted by molar-refractivity contribution is 0.208. The van der Waals surface area contributed by atoms with Crippen LogP contribution in [0.1, 0.15) is 12.5 Å². The van der Waals surface area contributed by atoms with Gasteiger partial charge in [-0.1, -0.05) is 31.2 Å². The molecule has 1 aromatic heterocycles. The average molecular weight is 418 g/mol. The quantitative estimate of drug-likeness (QED) is 0.678. The molecule has 1 aliphatic heterocycles. The zero-order valence-electron chi connectivity index (χ0n) is 17.9. The number of anilines is 2. The van der Waals surface area contributed by atoms with Crippen molar-refractivity contribution in [1.82, 2.24) is 15.1 Å². The number of methoxy groups -OCH3 is 1. The van der Waals surface area contributed by atoms with Crippen molar-refractivity contribution < 1.29 is 9.53 Å². The predicted molar refractivity (Wildman–Crippen MR) is 123 cm³/mol. The first-order valence-corrected chi connectivity index (χ1v) is 10.5. The Morgan fingerprint density at radius 2 is 1.65 bits per heavy atom. The maximum Gasteiger partial charge on any atom is 0.321 e. The number of piperazine rings is 1. The van der Waals surface area contributed by atoms with Crippen LogP contribution in [-0.2, 0) is 6.42 Å². The molecule has 1 N–H and O–H groups in total. The Balaban J connectivity index is 1.32. The van der Waals surface area contributed by atoms with E-state index < -0.39 is 0 Å². The van der Waals surface area contributed by atoms with Crippen LogP contribution >= 0.6 is 0 Å². The van der Waals surface area contributed by atoms with E-state index in [2.05, 4.69) is 51.6 Å². The van der Waals surface area contributed by atoms with Crippen LogP contribution in [0.5, 0.6) is 5.75 Å². The number of ether oxygens (including phenoxy) is 1. The SMILES string of the molecule is CCc1ccc(-c2ccc(N3CCN(C(=O)Nc4ccc(OC)cc4)CC3)nn2)cc1. The van der Waals surface area contributed by atoms with Gasteiger partial charge in [0.2, 0.25) is 0 Å². The first-order chi connectivity index (χ1) is 15.2. The van der Waals surface area contributed by atoms with Crippen molar-refractivity contribution in [3.63, 3.8) is 0 Å². The second kappa shape index (κ2) is 9.47. The van der Waals surface area contributed by atoms with Gasteiger partial charge in [-0.3, -0.25) is 0 Å². The van der Waals surface area contributed by atoms with Crippen LogP contribution in [0.3, 0.4) is 0 Å². The first-order valence-electron chi connectivity index (χ1n) is 10.5. The average Bonchev–Trinajstić information content (AvgIpc) is 2.85. The van der Waals surface area contributed by atoms with E-state index in [4.69, 9.17) is 4.74 Å². The van der Waals surface area contributed by atoms with Crippen LogP contribution in [0.25, 0.3) is 11.3 Å². The number of carbonyl (C=O) groups excluding carboxylic acids is 1. The lowest BCUT2D eigenvalue weighted by Gasteiger charge is -2.35. The number of aryl methyl sites for hydroxylation is 1. The molecule has 2 amide bonds.